The van der Waals surface area contributed by atoms with Crippen LogP contribution in [-0.2, 0) is 0 Å². The molecule has 0 atom stereocenters. The average molecular weight is 626 g/mol. The maximum atomic E-state index is 2.45. The fraction of sp³-hybridized carbons (Fsp3) is 0. The Morgan fingerprint density at radius 3 is 1.47 bits per heavy atom. The predicted molar refractivity (Wildman–Crippen MR) is 207 cm³/mol. The Bertz CT molecular complexity index is 2750. The minimum Gasteiger partial charge on any atom is -0.311 e. The monoisotopic (exact) mass is 625 g/mol. The van der Waals surface area contributed by atoms with Crippen LogP contribution >= 0.6 is 0 Å². The van der Waals surface area contributed by atoms with Crippen molar-refractivity contribution >= 4 is 71.4 Å². The summed E-state index contributed by atoms with van der Waals surface area (Å²) in [4.78, 5) is 2.31. The van der Waals surface area contributed by atoms with Crippen molar-refractivity contribution in [2.24, 2.45) is 0 Å². The molecule has 0 N–H and O–H groups in total. The average Bonchev–Trinajstić information content (AvgIpc) is 3.68. The Kier molecular flexibility index (Phi) is 6.18. The first-order valence-electron chi connectivity index (χ1n) is 16.8. The van der Waals surface area contributed by atoms with Gasteiger partial charge in [-0.1, -0.05) is 103 Å². The van der Waals surface area contributed by atoms with Gasteiger partial charge in [-0.15, -0.1) is 0 Å². The van der Waals surface area contributed by atoms with Crippen LogP contribution in [0.25, 0.3) is 65.8 Å². The van der Waals surface area contributed by atoms with Crippen LogP contribution in [0, 0.1) is 0 Å². The third-order valence-electron chi connectivity index (χ3n) is 9.85. The van der Waals surface area contributed by atoms with E-state index in [1.165, 1.54) is 60.1 Å². The maximum absolute atomic E-state index is 2.45. The summed E-state index contributed by atoms with van der Waals surface area (Å²) in [6, 6.07) is 67.8. The number of aromatic nitrogens is 2. The van der Waals surface area contributed by atoms with Gasteiger partial charge in [0.1, 0.15) is 0 Å². The van der Waals surface area contributed by atoms with Gasteiger partial charge in [0.05, 0.1) is 22.1 Å². The normalized spacial score (nSPS) is 11.7. The highest BCUT2D eigenvalue weighted by atomic mass is 15.1. The molecule has 10 aromatic rings. The van der Waals surface area contributed by atoms with E-state index in [9.17, 15) is 0 Å². The smallest absolute Gasteiger partial charge is 0.0619 e. The third-order valence-corrected chi connectivity index (χ3v) is 9.85. The molecule has 0 saturated carbocycles. The van der Waals surface area contributed by atoms with Gasteiger partial charge in [0.2, 0.25) is 0 Å². The number of anilines is 3. The summed E-state index contributed by atoms with van der Waals surface area (Å²) in [7, 11) is 0. The molecule has 8 aromatic carbocycles. The summed E-state index contributed by atoms with van der Waals surface area (Å²) >= 11 is 0. The van der Waals surface area contributed by atoms with Crippen molar-refractivity contribution in [2.75, 3.05) is 4.90 Å². The molecule has 0 aliphatic carbocycles. The fourth-order valence-corrected chi connectivity index (χ4v) is 7.72. The summed E-state index contributed by atoms with van der Waals surface area (Å²) in [5.41, 5.74) is 10.5. The summed E-state index contributed by atoms with van der Waals surface area (Å²) in [6.45, 7) is 0. The Morgan fingerprint density at radius 2 is 0.816 bits per heavy atom. The number of fused-ring (bicyclic) bond motifs is 8. The third kappa shape index (κ3) is 4.29. The zero-order valence-electron chi connectivity index (χ0n) is 26.7. The van der Waals surface area contributed by atoms with Crippen LogP contribution in [0.2, 0.25) is 0 Å². The molecule has 0 amide bonds. The molecule has 49 heavy (non-hydrogen) atoms. The molecule has 0 spiro atoms. The lowest BCUT2D eigenvalue weighted by Gasteiger charge is -2.25. The Morgan fingerprint density at radius 1 is 0.306 bits per heavy atom. The molecule has 0 saturated heterocycles. The van der Waals surface area contributed by atoms with Crippen molar-refractivity contribution < 1.29 is 0 Å². The highest BCUT2D eigenvalue weighted by molar-refractivity contribution is 6.22. The first-order chi connectivity index (χ1) is 24.3. The van der Waals surface area contributed by atoms with Gasteiger partial charge < -0.3 is 14.0 Å². The molecule has 230 valence electrons. The van der Waals surface area contributed by atoms with E-state index < -0.39 is 0 Å². The minimum atomic E-state index is 1.11. The Balaban J connectivity index is 1.22. The van der Waals surface area contributed by atoms with Crippen molar-refractivity contribution in [1.82, 2.24) is 9.13 Å². The molecule has 0 fully saturated rings. The quantitative estimate of drug-likeness (QED) is 0.185. The van der Waals surface area contributed by atoms with Gasteiger partial charge >= 0.3 is 0 Å². The van der Waals surface area contributed by atoms with Crippen LogP contribution in [0.15, 0.2) is 188 Å². The van der Waals surface area contributed by atoms with Crippen molar-refractivity contribution in [3.8, 4) is 11.4 Å². The van der Waals surface area contributed by atoms with Gasteiger partial charge in [-0.05, 0) is 90.3 Å². The van der Waals surface area contributed by atoms with E-state index in [4.69, 9.17) is 0 Å². The predicted octanol–water partition coefficient (Wildman–Crippen LogP) is 12.5. The van der Waals surface area contributed by atoms with E-state index in [1.807, 2.05) is 0 Å². The van der Waals surface area contributed by atoms with Gasteiger partial charge in [0.25, 0.3) is 0 Å². The molecule has 0 aliphatic heterocycles. The van der Waals surface area contributed by atoms with Crippen LogP contribution < -0.4 is 4.90 Å². The highest BCUT2D eigenvalue weighted by Crippen LogP contribution is 2.41. The van der Waals surface area contributed by atoms with Gasteiger partial charge in [-0.2, -0.15) is 0 Å². The van der Waals surface area contributed by atoms with Gasteiger partial charge in [0, 0.05) is 55.4 Å². The van der Waals surface area contributed by atoms with Crippen molar-refractivity contribution in [1.29, 1.82) is 0 Å². The number of hydrogen-bond donors (Lipinski definition) is 0. The molecule has 2 aromatic heterocycles. The zero-order chi connectivity index (χ0) is 32.3. The standard InChI is InChI=1S/C46H31N3/c1-4-14-33(15-5-1)47(34-16-6-2-7-17-34)36-25-27-37(28-26-36)49-44-23-13-10-20-38(44)40-29-24-32-30-45-42(31-41(32)46(40)49)39-21-11-12-22-43(39)48(45)35-18-8-3-9-19-35/h1-31H. The number of benzene rings is 8. The Labute approximate surface area is 284 Å². The van der Waals surface area contributed by atoms with E-state index in [0.717, 1.165) is 22.7 Å². The summed E-state index contributed by atoms with van der Waals surface area (Å²) in [6.07, 6.45) is 0. The van der Waals surface area contributed by atoms with Crippen molar-refractivity contribution in [3.63, 3.8) is 0 Å². The second-order valence-corrected chi connectivity index (χ2v) is 12.6. The maximum Gasteiger partial charge on any atom is 0.0619 e. The van der Waals surface area contributed by atoms with E-state index in [0.29, 0.717) is 0 Å². The first kappa shape index (κ1) is 27.5. The van der Waals surface area contributed by atoms with Gasteiger partial charge in [0.15, 0.2) is 0 Å². The SMILES string of the molecule is c1ccc(N(c2ccccc2)c2ccc(-n3c4ccccc4c4ccc5cc6c(cc5c43)c3ccccc3n6-c3ccccc3)cc2)cc1. The number of hydrogen-bond acceptors (Lipinski definition) is 1. The largest absolute Gasteiger partial charge is 0.311 e. The molecule has 3 nitrogen and oxygen atoms in total. The Hall–Kier alpha value is -6.58. The topological polar surface area (TPSA) is 13.1 Å². The number of rotatable bonds is 5. The van der Waals surface area contributed by atoms with Gasteiger partial charge in [-0.3, -0.25) is 0 Å². The highest BCUT2D eigenvalue weighted by Gasteiger charge is 2.19. The fourth-order valence-electron chi connectivity index (χ4n) is 7.72. The lowest BCUT2D eigenvalue weighted by atomic mass is 10.0. The molecule has 0 bridgehead atoms. The molecule has 2 heterocycles. The van der Waals surface area contributed by atoms with Crippen molar-refractivity contribution in [2.45, 2.75) is 0 Å². The zero-order valence-corrected chi connectivity index (χ0v) is 26.7. The van der Waals surface area contributed by atoms with Crippen LogP contribution in [0.5, 0.6) is 0 Å². The number of para-hydroxylation sites is 5. The van der Waals surface area contributed by atoms with E-state index in [2.05, 4.69) is 202 Å². The second-order valence-electron chi connectivity index (χ2n) is 12.6. The molecule has 3 heteroatoms. The summed E-state index contributed by atoms with van der Waals surface area (Å²) < 4.78 is 4.85. The summed E-state index contributed by atoms with van der Waals surface area (Å²) in [5.74, 6) is 0. The van der Waals surface area contributed by atoms with E-state index in [1.54, 1.807) is 0 Å². The van der Waals surface area contributed by atoms with Crippen LogP contribution in [0.3, 0.4) is 0 Å². The molecule has 0 unspecified atom stereocenters. The first-order valence-corrected chi connectivity index (χ1v) is 16.8. The molecule has 0 radical (unpaired) electrons. The summed E-state index contributed by atoms with van der Waals surface area (Å²) in [5, 5.41) is 7.50. The van der Waals surface area contributed by atoms with Crippen LogP contribution in [0.1, 0.15) is 0 Å². The lowest BCUT2D eigenvalue weighted by molar-refractivity contribution is 1.18. The van der Waals surface area contributed by atoms with Crippen LogP contribution in [-0.4, -0.2) is 9.13 Å². The van der Waals surface area contributed by atoms with Crippen molar-refractivity contribution in [3.05, 3.63) is 188 Å². The molecular formula is C46H31N3. The second kappa shape index (κ2) is 11.0. The van der Waals surface area contributed by atoms with E-state index in [-0.39, 0.29) is 0 Å². The molecule has 10 rings (SSSR count). The van der Waals surface area contributed by atoms with Crippen LogP contribution in [0.4, 0.5) is 17.1 Å². The van der Waals surface area contributed by atoms with Gasteiger partial charge in [-0.25, -0.2) is 0 Å². The van der Waals surface area contributed by atoms with E-state index >= 15 is 0 Å². The molecule has 0 aliphatic rings. The molecular weight excluding hydrogens is 595 g/mol. The lowest BCUT2D eigenvalue weighted by Crippen LogP contribution is -2.09. The number of nitrogens with zero attached hydrogens (tertiary/aromatic N) is 3. The minimum absolute atomic E-state index is 1.11.